The Balaban J connectivity index is 2.07. The summed E-state index contributed by atoms with van der Waals surface area (Å²) >= 11 is 0. The third-order valence-electron chi connectivity index (χ3n) is 7.66. The first-order chi connectivity index (χ1) is 8.79. The molecule has 3 aliphatic rings. The van der Waals surface area contributed by atoms with Crippen LogP contribution in [0.3, 0.4) is 0 Å². The molecule has 3 rings (SSSR count). The van der Waals surface area contributed by atoms with E-state index in [1.165, 1.54) is 19.3 Å². The first-order valence-corrected chi connectivity index (χ1v) is 8.08. The molecule has 0 amide bonds. The van der Waals surface area contributed by atoms with Crippen LogP contribution in [-0.4, -0.2) is 11.2 Å². The van der Waals surface area contributed by atoms with Crippen molar-refractivity contribution in [1.29, 1.82) is 0 Å². The molecule has 6 atom stereocenters. The van der Waals surface area contributed by atoms with Crippen molar-refractivity contribution in [3.8, 4) is 0 Å². The Morgan fingerprint density at radius 2 is 1.84 bits per heavy atom. The van der Waals surface area contributed by atoms with Gasteiger partial charge in [-0.25, -0.2) is 0 Å². The summed E-state index contributed by atoms with van der Waals surface area (Å²) < 4.78 is 0. The van der Waals surface area contributed by atoms with Crippen LogP contribution in [-0.2, 0) is 0 Å². The van der Waals surface area contributed by atoms with Gasteiger partial charge in [0.2, 0.25) is 0 Å². The molecule has 0 heterocycles. The first-order valence-electron chi connectivity index (χ1n) is 8.08. The number of rotatable bonds is 2. The molecule has 6 unspecified atom stereocenters. The number of hydrogen-bond donors (Lipinski definition) is 1. The van der Waals surface area contributed by atoms with E-state index in [2.05, 4.69) is 34.3 Å². The smallest absolute Gasteiger partial charge is 0.0605 e. The van der Waals surface area contributed by atoms with Crippen LogP contribution >= 0.6 is 0 Å². The molecule has 1 spiro atoms. The quantitative estimate of drug-likeness (QED) is 0.731. The van der Waals surface area contributed by atoms with E-state index in [-0.39, 0.29) is 11.5 Å². The van der Waals surface area contributed by atoms with Crippen molar-refractivity contribution >= 4 is 0 Å². The van der Waals surface area contributed by atoms with Crippen molar-refractivity contribution < 1.29 is 5.11 Å². The number of hydrogen-bond acceptors (Lipinski definition) is 1. The van der Waals surface area contributed by atoms with Crippen LogP contribution in [0.1, 0.15) is 59.8 Å². The Morgan fingerprint density at radius 1 is 1.16 bits per heavy atom. The van der Waals surface area contributed by atoms with Crippen LogP contribution in [0.4, 0.5) is 0 Å². The maximum atomic E-state index is 10.9. The van der Waals surface area contributed by atoms with Gasteiger partial charge in [-0.1, -0.05) is 33.8 Å². The molecule has 0 aliphatic heterocycles. The molecule has 1 nitrogen and oxygen atoms in total. The lowest BCUT2D eigenvalue weighted by Crippen LogP contribution is -2.48. The summed E-state index contributed by atoms with van der Waals surface area (Å²) in [4.78, 5) is 0. The monoisotopic (exact) mass is 262 g/mol. The number of fused-ring (bicyclic) bond motifs is 1. The highest BCUT2D eigenvalue weighted by molar-refractivity contribution is 5.19. The van der Waals surface area contributed by atoms with Crippen LogP contribution < -0.4 is 0 Å². The average Bonchev–Trinajstić information content (AvgIpc) is 2.72. The maximum absolute atomic E-state index is 10.9. The summed E-state index contributed by atoms with van der Waals surface area (Å²) in [5, 5.41) is 10.9. The van der Waals surface area contributed by atoms with Crippen LogP contribution in [0.5, 0.6) is 0 Å². The number of allylic oxidation sites excluding steroid dienone is 1. The minimum atomic E-state index is -0.144. The Kier molecular flexibility index (Phi) is 2.79. The molecule has 1 N–H and O–H groups in total. The minimum absolute atomic E-state index is 0.0422. The molecule has 0 saturated heterocycles. The molecule has 2 bridgehead atoms. The van der Waals surface area contributed by atoms with Gasteiger partial charge in [-0.3, -0.25) is 0 Å². The van der Waals surface area contributed by atoms with Gasteiger partial charge in [0, 0.05) is 5.41 Å². The largest absolute Gasteiger partial charge is 0.393 e. The summed E-state index contributed by atoms with van der Waals surface area (Å²) in [5.41, 5.74) is 0.856. The van der Waals surface area contributed by atoms with Crippen molar-refractivity contribution in [2.75, 3.05) is 0 Å². The zero-order chi connectivity index (χ0) is 14.1. The SMILES string of the molecule is C=CCC1(C)C(O)CC23CC1C(C)(C)C2CCC3C. The molecule has 3 saturated carbocycles. The van der Waals surface area contributed by atoms with Crippen molar-refractivity contribution in [2.24, 2.45) is 34.0 Å². The van der Waals surface area contributed by atoms with E-state index >= 15 is 0 Å². The van der Waals surface area contributed by atoms with Gasteiger partial charge in [-0.15, -0.1) is 6.58 Å². The molecule has 0 aromatic carbocycles. The number of aliphatic hydroxyl groups is 1. The summed E-state index contributed by atoms with van der Waals surface area (Å²) in [7, 11) is 0. The zero-order valence-corrected chi connectivity index (χ0v) is 13.1. The molecular weight excluding hydrogens is 232 g/mol. The number of aliphatic hydroxyl groups excluding tert-OH is 1. The van der Waals surface area contributed by atoms with Crippen molar-refractivity contribution in [3.05, 3.63) is 12.7 Å². The van der Waals surface area contributed by atoms with Crippen molar-refractivity contribution in [2.45, 2.75) is 65.9 Å². The predicted octanol–water partition coefficient (Wildman–Crippen LogP) is 4.41. The Labute approximate surface area is 118 Å². The van der Waals surface area contributed by atoms with Gasteiger partial charge in [0.05, 0.1) is 6.10 Å². The van der Waals surface area contributed by atoms with Gasteiger partial charge in [0.15, 0.2) is 0 Å². The highest BCUT2D eigenvalue weighted by Gasteiger charge is 2.69. The molecule has 0 aromatic heterocycles. The summed E-state index contributed by atoms with van der Waals surface area (Å²) in [6.45, 7) is 13.6. The van der Waals surface area contributed by atoms with E-state index in [0.29, 0.717) is 16.7 Å². The first kappa shape index (κ1) is 13.7. The fourth-order valence-corrected chi connectivity index (χ4v) is 6.60. The lowest BCUT2D eigenvalue weighted by Gasteiger charge is -2.50. The van der Waals surface area contributed by atoms with Crippen molar-refractivity contribution in [3.63, 3.8) is 0 Å². The molecule has 0 radical (unpaired) electrons. The van der Waals surface area contributed by atoms with Crippen molar-refractivity contribution in [1.82, 2.24) is 0 Å². The summed E-state index contributed by atoms with van der Waals surface area (Å²) in [5.74, 6) is 2.26. The van der Waals surface area contributed by atoms with E-state index in [1.807, 2.05) is 6.08 Å². The second kappa shape index (κ2) is 3.87. The third kappa shape index (κ3) is 1.46. The highest BCUT2D eigenvalue weighted by atomic mass is 16.3. The molecule has 3 aliphatic carbocycles. The van der Waals surface area contributed by atoms with Crippen LogP contribution in [0.25, 0.3) is 0 Å². The molecule has 0 aromatic rings. The second-order valence-corrected chi connectivity index (χ2v) is 8.56. The van der Waals surface area contributed by atoms with E-state index in [1.54, 1.807) is 0 Å². The lowest BCUT2D eigenvalue weighted by atomic mass is 9.56. The summed E-state index contributed by atoms with van der Waals surface area (Å²) in [6, 6.07) is 0. The standard InChI is InChI=1S/C18H30O/c1-6-9-17(5)14-10-18(11-15(17)19)12(2)7-8-13(18)16(14,3)4/h6,12-15,19H,1,7-11H2,2-5H3. The Morgan fingerprint density at radius 3 is 2.47 bits per heavy atom. The molecule has 1 heteroatoms. The predicted molar refractivity (Wildman–Crippen MR) is 79.8 cm³/mol. The van der Waals surface area contributed by atoms with Gasteiger partial charge in [0.25, 0.3) is 0 Å². The normalized spacial score (nSPS) is 55.0. The van der Waals surface area contributed by atoms with Gasteiger partial charge in [0.1, 0.15) is 0 Å². The molecule has 3 fully saturated rings. The summed E-state index contributed by atoms with van der Waals surface area (Å²) in [6.07, 6.45) is 7.95. The molecule has 108 valence electrons. The Bertz CT molecular complexity index is 398. The van der Waals surface area contributed by atoms with E-state index in [0.717, 1.165) is 24.7 Å². The maximum Gasteiger partial charge on any atom is 0.0605 e. The van der Waals surface area contributed by atoms with E-state index in [9.17, 15) is 5.11 Å². The van der Waals surface area contributed by atoms with Crippen LogP contribution in [0.2, 0.25) is 0 Å². The fourth-order valence-electron chi connectivity index (χ4n) is 6.60. The minimum Gasteiger partial charge on any atom is -0.393 e. The van der Waals surface area contributed by atoms with Gasteiger partial charge >= 0.3 is 0 Å². The van der Waals surface area contributed by atoms with Gasteiger partial charge in [-0.2, -0.15) is 0 Å². The average molecular weight is 262 g/mol. The lowest BCUT2D eigenvalue weighted by molar-refractivity contribution is -0.0859. The fraction of sp³-hybridized carbons (Fsp3) is 0.889. The van der Waals surface area contributed by atoms with Crippen LogP contribution in [0.15, 0.2) is 12.7 Å². The molecular formula is C18H30O. The zero-order valence-electron chi connectivity index (χ0n) is 13.1. The topological polar surface area (TPSA) is 20.2 Å². The van der Waals surface area contributed by atoms with E-state index in [4.69, 9.17) is 0 Å². The van der Waals surface area contributed by atoms with Gasteiger partial charge < -0.3 is 5.11 Å². The second-order valence-electron chi connectivity index (χ2n) is 8.56. The van der Waals surface area contributed by atoms with Crippen LogP contribution in [0, 0.1) is 34.0 Å². The van der Waals surface area contributed by atoms with Gasteiger partial charge in [-0.05, 0) is 60.7 Å². The third-order valence-corrected chi connectivity index (χ3v) is 7.66. The van der Waals surface area contributed by atoms with E-state index < -0.39 is 0 Å². The highest BCUT2D eigenvalue weighted by Crippen LogP contribution is 2.75. The Hall–Kier alpha value is -0.300. The molecule has 19 heavy (non-hydrogen) atoms.